The van der Waals surface area contributed by atoms with Crippen LogP contribution >= 0.6 is 0 Å². The molecule has 0 N–H and O–H groups in total. The number of rotatable bonds is 16. The maximum Gasteiger partial charge on any atom is 0.410 e. The predicted molar refractivity (Wildman–Crippen MR) is 209 cm³/mol. The Bertz CT molecular complexity index is 1530. The largest absolute Gasteiger partial charge is 0.497 e. The molecule has 0 aliphatic carbocycles. The fraction of sp³-hybridized carbons (Fsp3) is 0.548. The van der Waals surface area contributed by atoms with E-state index in [0.29, 0.717) is 49.5 Å². The van der Waals surface area contributed by atoms with Crippen molar-refractivity contribution in [1.82, 2.24) is 4.90 Å². The number of ether oxygens (including phenoxy) is 5. The van der Waals surface area contributed by atoms with Crippen LogP contribution in [0.5, 0.6) is 11.5 Å². The minimum atomic E-state index is -2.39. The quantitative estimate of drug-likeness (QED) is 0.107. The minimum absolute atomic E-state index is 0.126. The Hall–Kier alpha value is -3.57. The zero-order valence-electron chi connectivity index (χ0n) is 32.5. The van der Waals surface area contributed by atoms with Gasteiger partial charge in [0.2, 0.25) is 8.32 Å². The molecule has 3 aromatic carbocycles. The van der Waals surface area contributed by atoms with E-state index < -0.39 is 8.32 Å². The van der Waals surface area contributed by atoms with Gasteiger partial charge in [-0.3, -0.25) is 0 Å². The van der Waals surface area contributed by atoms with E-state index in [9.17, 15) is 4.79 Å². The van der Waals surface area contributed by atoms with E-state index in [2.05, 4.69) is 70.7 Å². The number of methoxy groups -OCH3 is 2. The molecule has 52 heavy (non-hydrogen) atoms. The number of carbonyl (C=O) groups excluding carboxylic acids is 1. The number of anilines is 1. The standard InChI is InChI=1S/C42H60N2O7Si/c1-30(2)52(31(3)4,32(5)6)51-40-27-44(42(45)50-28-33-13-10-9-11-14-33)26-39(41(40)35-16-18-36(47-8)19-17-35)49-29-34-15-20-38-37(25-34)43(22-24-48-38)21-12-23-46-7/h9-11,13-20,25,30-32,39-41H,12,21-24,26-29H2,1-8H3. The van der Waals surface area contributed by atoms with Crippen LogP contribution in [0.4, 0.5) is 10.5 Å². The van der Waals surface area contributed by atoms with Crippen molar-refractivity contribution >= 4 is 20.1 Å². The third kappa shape index (κ3) is 9.31. The van der Waals surface area contributed by atoms with Crippen LogP contribution in [0.3, 0.4) is 0 Å². The Balaban J connectivity index is 1.49. The lowest BCUT2D eigenvalue weighted by Gasteiger charge is -2.50. The molecule has 0 radical (unpaired) electrons. The molecule has 1 amide bonds. The van der Waals surface area contributed by atoms with Gasteiger partial charge in [0.15, 0.2) is 0 Å². The highest BCUT2D eigenvalue weighted by atomic mass is 28.4. The van der Waals surface area contributed by atoms with E-state index in [4.69, 9.17) is 28.1 Å². The van der Waals surface area contributed by atoms with Gasteiger partial charge in [-0.15, -0.1) is 0 Å². The molecule has 2 aliphatic heterocycles. The zero-order valence-corrected chi connectivity index (χ0v) is 33.5. The molecular weight excluding hydrogens is 673 g/mol. The van der Waals surface area contributed by atoms with Gasteiger partial charge in [0.1, 0.15) is 24.7 Å². The van der Waals surface area contributed by atoms with Gasteiger partial charge in [0.05, 0.1) is 44.7 Å². The van der Waals surface area contributed by atoms with Gasteiger partial charge in [-0.2, -0.15) is 0 Å². The summed E-state index contributed by atoms with van der Waals surface area (Å²) in [6.45, 7) is 18.3. The minimum Gasteiger partial charge on any atom is -0.497 e. The molecule has 10 heteroatoms. The number of fused-ring (bicyclic) bond motifs is 1. The first-order chi connectivity index (χ1) is 25.1. The van der Waals surface area contributed by atoms with E-state index in [1.54, 1.807) is 19.1 Å². The summed E-state index contributed by atoms with van der Waals surface area (Å²) in [4.78, 5) is 18.1. The summed E-state index contributed by atoms with van der Waals surface area (Å²) in [6, 6.07) is 24.4. The molecule has 2 heterocycles. The summed E-state index contributed by atoms with van der Waals surface area (Å²) in [5.41, 5.74) is 5.28. The highest BCUT2D eigenvalue weighted by molar-refractivity contribution is 6.77. The SMILES string of the molecule is COCCCN1CCOc2ccc(COC3CN(C(=O)OCc4ccccc4)CC(O[Si](C(C)C)(C(C)C)C(C)C)C3c3ccc(OC)cc3)cc21. The smallest absolute Gasteiger partial charge is 0.410 e. The van der Waals surface area contributed by atoms with E-state index in [1.165, 1.54) is 0 Å². The van der Waals surface area contributed by atoms with E-state index >= 15 is 0 Å². The molecule has 0 bridgehead atoms. The normalized spacial score (nSPS) is 19.2. The van der Waals surface area contributed by atoms with Gasteiger partial charge in [-0.1, -0.05) is 90.1 Å². The first-order valence-electron chi connectivity index (χ1n) is 19.0. The van der Waals surface area contributed by atoms with Crippen molar-refractivity contribution in [3.63, 3.8) is 0 Å². The lowest BCUT2D eigenvalue weighted by molar-refractivity contribution is -0.0663. The zero-order chi connectivity index (χ0) is 37.3. The molecule has 284 valence electrons. The average molecular weight is 733 g/mol. The van der Waals surface area contributed by atoms with Crippen LogP contribution in [-0.4, -0.2) is 85.1 Å². The molecule has 0 spiro atoms. The van der Waals surface area contributed by atoms with Crippen LogP contribution in [-0.2, 0) is 31.9 Å². The van der Waals surface area contributed by atoms with E-state index in [1.807, 2.05) is 48.5 Å². The Labute approximate surface area is 312 Å². The fourth-order valence-corrected chi connectivity index (χ4v) is 13.9. The lowest BCUT2D eigenvalue weighted by Crippen LogP contribution is -2.59. The Morgan fingerprint density at radius 2 is 1.54 bits per heavy atom. The number of likely N-dealkylation sites (tertiary alicyclic amines) is 1. The van der Waals surface area contributed by atoms with Crippen molar-refractivity contribution in [1.29, 1.82) is 0 Å². The summed E-state index contributed by atoms with van der Waals surface area (Å²) < 4.78 is 37.4. The number of hydrogen-bond donors (Lipinski definition) is 0. The van der Waals surface area contributed by atoms with Gasteiger partial charge in [0.25, 0.3) is 0 Å². The van der Waals surface area contributed by atoms with Gasteiger partial charge < -0.3 is 37.9 Å². The average Bonchev–Trinajstić information content (AvgIpc) is 3.15. The second-order valence-electron chi connectivity index (χ2n) is 15.1. The van der Waals surface area contributed by atoms with E-state index in [-0.39, 0.29) is 30.8 Å². The molecule has 3 aromatic rings. The molecule has 0 aromatic heterocycles. The highest BCUT2D eigenvalue weighted by Crippen LogP contribution is 2.46. The van der Waals surface area contributed by atoms with Crippen LogP contribution in [0.1, 0.15) is 70.6 Å². The summed E-state index contributed by atoms with van der Waals surface area (Å²) in [5.74, 6) is 1.56. The number of carbonyl (C=O) groups is 1. The van der Waals surface area contributed by atoms with Gasteiger partial charge in [0, 0.05) is 32.7 Å². The summed E-state index contributed by atoms with van der Waals surface area (Å²) >= 11 is 0. The number of nitrogens with zero attached hydrogens (tertiary/aromatic N) is 2. The van der Waals surface area contributed by atoms with E-state index in [0.717, 1.165) is 53.4 Å². The van der Waals surface area contributed by atoms with Crippen molar-refractivity contribution in [2.24, 2.45) is 0 Å². The van der Waals surface area contributed by atoms with Crippen LogP contribution in [0.25, 0.3) is 0 Å². The van der Waals surface area contributed by atoms with Crippen LogP contribution in [0.15, 0.2) is 72.8 Å². The molecular formula is C42H60N2O7Si. The second-order valence-corrected chi connectivity index (χ2v) is 20.5. The maximum absolute atomic E-state index is 13.9. The van der Waals surface area contributed by atoms with Crippen LogP contribution in [0.2, 0.25) is 16.6 Å². The molecule has 3 atom stereocenters. The third-order valence-electron chi connectivity index (χ3n) is 10.9. The summed E-state index contributed by atoms with van der Waals surface area (Å²) in [7, 11) is 1.04. The number of benzene rings is 3. The summed E-state index contributed by atoms with van der Waals surface area (Å²) in [6.07, 6.45) is -0.0839. The molecule has 1 fully saturated rings. The number of hydrogen-bond acceptors (Lipinski definition) is 8. The first kappa shape index (κ1) is 39.6. The Morgan fingerprint density at radius 1 is 0.846 bits per heavy atom. The van der Waals surface area contributed by atoms with Crippen LogP contribution in [0, 0.1) is 0 Å². The third-order valence-corrected chi connectivity index (χ3v) is 17.0. The molecule has 5 rings (SSSR count). The molecule has 9 nitrogen and oxygen atoms in total. The predicted octanol–water partition coefficient (Wildman–Crippen LogP) is 8.81. The monoisotopic (exact) mass is 732 g/mol. The number of piperidine rings is 1. The van der Waals surface area contributed by atoms with Crippen LogP contribution < -0.4 is 14.4 Å². The first-order valence-corrected chi connectivity index (χ1v) is 21.1. The van der Waals surface area contributed by atoms with Crippen molar-refractivity contribution in [3.8, 4) is 11.5 Å². The second kappa shape index (κ2) is 18.5. The summed E-state index contributed by atoms with van der Waals surface area (Å²) in [5, 5.41) is 0. The Kier molecular flexibility index (Phi) is 14.1. The van der Waals surface area contributed by atoms with Crippen molar-refractivity contribution in [2.45, 2.75) is 95.9 Å². The maximum atomic E-state index is 13.9. The molecule has 1 saturated heterocycles. The molecule has 2 aliphatic rings. The topological polar surface area (TPSA) is 78.9 Å². The Morgan fingerprint density at radius 3 is 2.19 bits per heavy atom. The van der Waals surface area contributed by atoms with Crippen molar-refractivity contribution in [3.05, 3.63) is 89.5 Å². The molecule has 0 saturated carbocycles. The van der Waals surface area contributed by atoms with Crippen molar-refractivity contribution < 1.29 is 32.9 Å². The van der Waals surface area contributed by atoms with Crippen molar-refractivity contribution in [2.75, 3.05) is 58.5 Å². The van der Waals surface area contributed by atoms with Gasteiger partial charge >= 0.3 is 6.09 Å². The lowest BCUT2D eigenvalue weighted by atomic mass is 9.84. The molecule has 3 unspecified atom stereocenters. The number of amides is 1. The van der Waals surface area contributed by atoms with Gasteiger partial charge in [-0.25, -0.2) is 4.79 Å². The highest BCUT2D eigenvalue weighted by Gasteiger charge is 2.51. The fourth-order valence-electron chi connectivity index (χ4n) is 8.37. The van der Waals surface area contributed by atoms with Gasteiger partial charge in [-0.05, 0) is 64.0 Å².